The Bertz CT molecular complexity index is 1350. The van der Waals surface area contributed by atoms with E-state index >= 15 is 0 Å². The van der Waals surface area contributed by atoms with Gasteiger partial charge in [0.15, 0.2) is 0 Å². The van der Waals surface area contributed by atoms with Crippen LogP contribution in [0.1, 0.15) is 11.1 Å². The molecule has 0 saturated carbocycles. The highest BCUT2D eigenvalue weighted by Crippen LogP contribution is 2.31. The first kappa shape index (κ1) is 22.5. The van der Waals surface area contributed by atoms with E-state index in [9.17, 15) is 21.6 Å². The molecule has 2 aromatic carbocycles. The van der Waals surface area contributed by atoms with Crippen molar-refractivity contribution < 1.29 is 21.6 Å². The number of carbonyl (C=O) groups excluding carboxylic acids is 1. The third-order valence-corrected chi connectivity index (χ3v) is 9.34. The minimum atomic E-state index is -3.62. The van der Waals surface area contributed by atoms with E-state index in [-0.39, 0.29) is 21.4 Å². The summed E-state index contributed by atoms with van der Waals surface area (Å²) in [5, 5.41) is 1.69. The molecule has 0 spiro atoms. The second-order valence-corrected chi connectivity index (χ2v) is 11.9. The molecule has 0 unspecified atom stereocenters. The highest BCUT2D eigenvalue weighted by Gasteiger charge is 2.26. The number of anilines is 2. The smallest absolute Gasteiger partial charge is 0.271 e. The van der Waals surface area contributed by atoms with Crippen molar-refractivity contribution in [3.8, 4) is 0 Å². The van der Waals surface area contributed by atoms with Gasteiger partial charge in [0.2, 0.25) is 15.9 Å². The zero-order valence-electron chi connectivity index (χ0n) is 17.1. The van der Waals surface area contributed by atoms with E-state index in [1.165, 1.54) is 19.2 Å². The lowest BCUT2D eigenvalue weighted by molar-refractivity contribution is -0.117. The van der Waals surface area contributed by atoms with Crippen molar-refractivity contribution in [1.82, 2.24) is 4.72 Å². The van der Waals surface area contributed by atoms with Crippen LogP contribution in [0.5, 0.6) is 0 Å². The number of rotatable bonds is 7. The van der Waals surface area contributed by atoms with Crippen molar-refractivity contribution in [2.24, 2.45) is 0 Å². The average Bonchev–Trinajstić information content (AvgIpc) is 3.45. The summed E-state index contributed by atoms with van der Waals surface area (Å²) in [5.41, 5.74) is 2.69. The molecule has 0 fully saturated rings. The first-order chi connectivity index (χ1) is 15.2. The number of nitrogens with one attached hydrogen (secondary N) is 2. The standard InChI is InChI=1S/C21H21N3O5S3/c1-22-31(26,27)18-8-9-19-16(14-18)10-11-24(19)20(25)13-15-4-6-17(7-5-15)23-32(28,29)21-3-2-12-30-21/h2-9,12,14,22-23H,10-11,13H2,1H3. The number of nitrogens with zero attached hydrogens (tertiary/aromatic N) is 1. The van der Waals surface area contributed by atoms with Crippen molar-refractivity contribution in [2.75, 3.05) is 23.2 Å². The SMILES string of the molecule is CNS(=O)(=O)c1ccc2c(c1)CCN2C(=O)Cc1ccc(NS(=O)(=O)c2cccs2)cc1. The number of hydrogen-bond donors (Lipinski definition) is 2. The maximum Gasteiger partial charge on any atom is 0.271 e. The fraction of sp³-hybridized carbons (Fsp3) is 0.190. The van der Waals surface area contributed by atoms with Crippen LogP contribution >= 0.6 is 11.3 Å². The molecule has 3 aromatic rings. The van der Waals surface area contributed by atoms with Gasteiger partial charge >= 0.3 is 0 Å². The third kappa shape index (κ3) is 4.56. The van der Waals surface area contributed by atoms with Gasteiger partial charge in [0, 0.05) is 17.9 Å². The Labute approximate surface area is 191 Å². The number of fused-ring (bicyclic) bond motifs is 1. The summed E-state index contributed by atoms with van der Waals surface area (Å²) in [6, 6.07) is 14.6. The van der Waals surface area contributed by atoms with Crippen LogP contribution in [0, 0.1) is 0 Å². The lowest BCUT2D eigenvalue weighted by atomic mass is 10.1. The van der Waals surface area contributed by atoms with Crippen LogP contribution in [-0.2, 0) is 37.7 Å². The van der Waals surface area contributed by atoms with Crippen LogP contribution < -0.4 is 14.3 Å². The highest BCUT2D eigenvalue weighted by atomic mass is 32.2. The van der Waals surface area contributed by atoms with Crippen LogP contribution in [-0.4, -0.2) is 36.3 Å². The van der Waals surface area contributed by atoms with E-state index in [1.54, 1.807) is 52.7 Å². The summed E-state index contributed by atoms with van der Waals surface area (Å²) in [5.74, 6) is -0.111. The van der Waals surface area contributed by atoms with E-state index < -0.39 is 20.0 Å². The summed E-state index contributed by atoms with van der Waals surface area (Å²) in [7, 11) is -5.80. The molecular formula is C21H21N3O5S3. The number of amides is 1. The molecule has 1 aromatic heterocycles. The summed E-state index contributed by atoms with van der Waals surface area (Å²) in [6.45, 7) is 0.482. The van der Waals surface area contributed by atoms with Crippen molar-refractivity contribution in [3.05, 3.63) is 71.1 Å². The number of benzene rings is 2. The van der Waals surface area contributed by atoms with E-state index in [0.29, 0.717) is 24.3 Å². The monoisotopic (exact) mass is 491 g/mol. The minimum Gasteiger partial charge on any atom is -0.312 e. The van der Waals surface area contributed by atoms with E-state index in [4.69, 9.17) is 0 Å². The van der Waals surface area contributed by atoms with Crippen molar-refractivity contribution in [2.45, 2.75) is 21.9 Å². The van der Waals surface area contributed by atoms with Crippen molar-refractivity contribution in [1.29, 1.82) is 0 Å². The Morgan fingerprint density at radius 2 is 1.78 bits per heavy atom. The lowest BCUT2D eigenvalue weighted by Gasteiger charge is -2.18. The quantitative estimate of drug-likeness (QED) is 0.528. The van der Waals surface area contributed by atoms with Crippen LogP contribution in [0.3, 0.4) is 0 Å². The molecule has 2 N–H and O–H groups in total. The van der Waals surface area contributed by atoms with Gasteiger partial charge in [0.25, 0.3) is 10.0 Å². The maximum absolute atomic E-state index is 12.9. The highest BCUT2D eigenvalue weighted by molar-refractivity contribution is 7.94. The molecule has 1 aliphatic heterocycles. The molecule has 2 heterocycles. The molecule has 4 rings (SSSR count). The fourth-order valence-corrected chi connectivity index (χ4v) is 6.34. The van der Waals surface area contributed by atoms with Crippen molar-refractivity contribution in [3.63, 3.8) is 0 Å². The largest absolute Gasteiger partial charge is 0.312 e. The zero-order chi connectivity index (χ0) is 22.9. The molecule has 1 aliphatic rings. The first-order valence-electron chi connectivity index (χ1n) is 9.72. The molecule has 0 saturated heterocycles. The number of hydrogen-bond acceptors (Lipinski definition) is 6. The predicted octanol–water partition coefficient (Wildman–Crippen LogP) is 2.59. The number of carbonyl (C=O) groups is 1. The van der Waals surface area contributed by atoms with Gasteiger partial charge in [-0.25, -0.2) is 21.6 Å². The Morgan fingerprint density at radius 1 is 1.03 bits per heavy atom. The number of sulfonamides is 2. The zero-order valence-corrected chi connectivity index (χ0v) is 19.6. The molecule has 0 atom stereocenters. The van der Waals surface area contributed by atoms with Gasteiger partial charge in [-0.05, 0) is 66.4 Å². The fourth-order valence-electron chi connectivity index (χ4n) is 3.50. The number of thiophene rings is 1. The second-order valence-electron chi connectivity index (χ2n) is 7.20. The van der Waals surface area contributed by atoms with Gasteiger partial charge in [0.1, 0.15) is 4.21 Å². The van der Waals surface area contributed by atoms with Gasteiger partial charge < -0.3 is 4.90 Å². The molecule has 8 nitrogen and oxygen atoms in total. The Morgan fingerprint density at radius 3 is 2.44 bits per heavy atom. The molecule has 32 heavy (non-hydrogen) atoms. The molecule has 0 aliphatic carbocycles. The normalized spacial score (nSPS) is 13.7. The van der Waals surface area contributed by atoms with Gasteiger partial charge in [-0.15, -0.1) is 11.3 Å². The van der Waals surface area contributed by atoms with Gasteiger partial charge in [0.05, 0.1) is 11.3 Å². The molecule has 11 heteroatoms. The Balaban J connectivity index is 1.44. The third-order valence-electron chi connectivity index (χ3n) is 5.15. The lowest BCUT2D eigenvalue weighted by Crippen LogP contribution is -2.30. The topological polar surface area (TPSA) is 113 Å². The maximum atomic E-state index is 12.9. The first-order valence-corrected chi connectivity index (χ1v) is 13.6. The average molecular weight is 492 g/mol. The molecule has 0 bridgehead atoms. The van der Waals surface area contributed by atoms with Gasteiger partial charge in [-0.3, -0.25) is 9.52 Å². The molecule has 0 radical (unpaired) electrons. The molecular weight excluding hydrogens is 470 g/mol. The summed E-state index contributed by atoms with van der Waals surface area (Å²) in [4.78, 5) is 14.7. The van der Waals surface area contributed by atoms with Crippen LogP contribution in [0.4, 0.5) is 11.4 Å². The second kappa shape index (κ2) is 8.66. The van der Waals surface area contributed by atoms with E-state index in [1.807, 2.05) is 0 Å². The molecule has 168 valence electrons. The summed E-state index contributed by atoms with van der Waals surface area (Å²) >= 11 is 1.14. The summed E-state index contributed by atoms with van der Waals surface area (Å²) in [6.07, 6.45) is 0.728. The predicted molar refractivity (Wildman–Crippen MR) is 124 cm³/mol. The van der Waals surface area contributed by atoms with E-state index in [2.05, 4.69) is 9.44 Å². The minimum absolute atomic E-state index is 0.111. The Kier molecular flexibility index (Phi) is 6.08. The van der Waals surface area contributed by atoms with Crippen LogP contribution in [0.25, 0.3) is 0 Å². The van der Waals surface area contributed by atoms with Crippen LogP contribution in [0.15, 0.2) is 69.1 Å². The summed E-state index contributed by atoms with van der Waals surface area (Å²) < 4.78 is 53.7. The van der Waals surface area contributed by atoms with Crippen LogP contribution in [0.2, 0.25) is 0 Å². The van der Waals surface area contributed by atoms with Gasteiger partial charge in [-0.2, -0.15) is 0 Å². The van der Waals surface area contributed by atoms with Gasteiger partial charge in [-0.1, -0.05) is 18.2 Å². The van der Waals surface area contributed by atoms with E-state index in [0.717, 1.165) is 22.5 Å². The Hall–Kier alpha value is -2.73. The molecule has 1 amide bonds. The van der Waals surface area contributed by atoms with Crippen molar-refractivity contribution >= 4 is 48.7 Å².